The lowest BCUT2D eigenvalue weighted by molar-refractivity contribution is -0.330. The van der Waals surface area contributed by atoms with Gasteiger partial charge < -0.3 is 11.1 Å². The van der Waals surface area contributed by atoms with Gasteiger partial charge in [0.25, 0.3) is 5.91 Å². The Bertz CT molecular complexity index is 1440. The fraction of sp³-hybridized carbons (Fsp3) is 0.0741. The van der Waals surface area contributed by atoms with E-state index in [0.717, 1.165) is 44.5 Å². The van der Waals surface area contributed by atoms with E-state index < -0.39 is 0 Å². The lowest BCUT2D eigenvalue weighted by Gasteiger charge is -2.10. The number of nitrogens with two attached hydrogens (primary N) is 1. The van der Waals surface area contributed by atoms with Crippen LogP contribution in [0.15, 0.2) is 91.5 Å². The number of H-pyrrole nitrogens is 1. The Morgan fingerprint density at radius 2 is 1.74 bits per heavy atom. The zero-order valence-electron chi connectivity index (χ0n) is 18.4. The van der Waals surface area contributed by atoms with E-state index >= 15 is 0 Å². The molecule has 0 saturated carbocycles. The van der Waals surface area contributed by atoms with Gasteiger partial charge in [-0.05, 0) is 29.3 Å². The van der Waals surface area contributed by atoms with Gasteiger partial charge in [-0.2, -0.15) is 0 Å². The number of amides is 1. The zero-order chi connectivity index (χ0) is 23.3. The molecule has 0 atom stereocenters. The highest BCUT2D eigenvalue weighted by Gasteiger charge is 2.19. The Morgan fingerprint density at radius 3 is 2.47 bits per heavy atom. The Morgan fingerprint density at radius 1 is 0.912 bits per heavy atom. The molecule has 4 N–H and O–H groups in total. The van der Waals surface area contributed by atoms with E-state index in [0.29, 0.717) is 6.54 Å². The van der Waals surface area contributed by atoms with E-state index in [1.165, 1.54) is 18.6 Å². The molecule has 0 radical (unpaired) electrons. The highest BCUT2D eigenvalue weighted by molar-refractivity contribution is 5.92. The summed E-state index contributed by atoms with van der Waals surface area (Å²) in [5.41, 5.74) is 13.0. The zero-order valence-corrected chi connectivity index (χ0v) is 18.4. The van der Waals surface area contributed by atoms with Crippen LogP contribution in [0.25, 0.3) is 33.3 Å². The van der Waals surface area contributed by atoms with Crippen LogP contribution in [-0.2, 0) is 13.1 Å². The number of rotatable bonds is 6. The fourth-order valence-electron chi connectivity index (χ4n) is 3.90. The molecule has 5 aromatic rings. The minimum atomic E-state index is -0.296. The molecule has 166 valence electrons. The van der Waals surface area contributed by atoms with Crippen LogP contribution in [-0.4, -0.2) is 20.9 Å². The number of carbonyl (C=O) groups excluding carboxylic acids is 1. The van der Waals surface area contributed by atoms with E-state index in [-0.39, 0.29) is 18.1 Å². The lowest BCUT2D eigenvalue weighted by atomic mass is 9.96. The molecule has 2 aromatic carbocycles. The third-order valence-electron chi connectivity index (χ3n) is 5.67. The van der Waals surface area contributed by atoms with Crippen molar-refractivity contribution in [1.82, 2.24) is 20.3 Å². The topological polar surface area (TPSA) is 108 Å². The maximum absolute atomic E-state index is 12.5. The second kappa shape index (κ2) is 9.56. The summed E-state index contributed by atoms with van der Waals surface area (Å²) in [5, 5.41) is 3.83. The summed E-state index contributed by atoms with van der Waals surface area (Å²) in [6.07, 6.45) is 6.21. The van der Waals surface area contributed by atoms with Crippen molar-refractivity contribution in [3.05, 3.63) is 108 Å². The largest absolute Gasteiger partial charge is 0.345 e. The SMILES string of the molecule is NCc1ccc(-c2[nH+]c3ccnc(CNC(=O)c4cnccn4)c3cc2-c2ccccc2)cc1. The molecule has 0 bridgehead atoms. The fourth-order valence-corrected chi connectivity index (χ4v) is 3.90. The van der Waals surface area contributed by atoms with Crippen molar-refractivity contribution in [3.8, 4) is 22.4 Å². The predicted octanol–water partition coefficient (Wildman–Crippen LogP) is 3.56. The van der Waals surface area contributed by atoms with E-state index in [9.17, 15) is 4.79 Å². The number of nitrogens with one attached hydrogen (secondary N) is 2. The maximum atomic E-state index is 12.5. The monoisotopic (exact) mass is 447 g/mol. The molecule has 0 unspecified atom stereocenters. The quantitative estimate of drug-likeness (QED) is 0.414. The summed E-state index contributed by atoms with van der Waals surface area (Å²) in [6, 6.07) is 22.5. The minimum Gasteiger partial charge on any atom is -0.345 e. The molecule has 34 heavy (non-hydrogen) atoms. The Hall–Kier alpha value is -4.49. The number of carbonyl (C=O) groups is 1. The number of pyridine rings is 2. The van der Waals surface area contributed by atoms with Gasteiger partial charge in [0.15, 0.2) is 0 Å². The highest BCUT2D eigenvalue weighted by atomic mass is 16.1. The summed E-state index contributed by atoms with van der Waals surface area (Å²) < 4.78 is 0. The van der Waals surface area contributed by atoms with Gasteiger partial charge in [0.2, 0.25) is 11.2 Å². The Labute approximate surface area is 196 Å². The van der Waals surface area contributed by atoms with E-state index in [1.54, 1.807) is 6.20 Å². The summed E-state index contributed by atoms with van der Waals surface area (Å²) in [7, 11) is 0. The van der Waals surface area contributed by atoms with Crippen molar-refractivity contribution >= 4 is 16.8 Å². The summed E-state index contributed by atoms with van der Waals surface area (Å²) in [5.74, 6) is -0.296. The van der Waals surface area contributed by atoms with Crippen LogP contribution < -0.4 is 16.0 Å². The van der Waals surface area contributed by atoms with E-state index in [1.807, 2.05) is 36.4 Å². The first-order valence-corrected chi connectivity index (χ1v) is 11.0. The molecule has 7 nitrogen and oxygen atoms in total. The smallest absolute Gasteiger partial charge is 0.271 e. The number of hydrogen-bond donors (Lipinski definition) is 2. The number of fused-ring (bicyclic) bond motifs is 1. The van der Waals surface area contributed by atoms with Crippen molar-refractivity contribution in [2.75, 3.05) is 0 Å². The van der Waals surface area contributed by atoms with Gasteiger partial charge in [0, 0.05) is 36.8 Å². The van der Waals surface area contributed by atoms with Crippen LogP contribution in [0.4, 0.5) is 0 Å². The Kier molecular flexibility index (Phi) is 6.01. The highest BCUT2D eigenvalue weighted by Crippen LogP contribution is 2.32. The molecule has 0 spiro atoms. The van der Waals surface area contributed by atoms with Gasteiger partial charge in [-0.25, -0.2) is 9.97 Å². The van der Waals surface area contributed by atoms with Crippen molar-refractivity contribution in [2.45, 2.75) is 13.1 Å². The first-order valence-electron chi connectivity index (χ1n) is 11.0. The summed E-state index contributed by atoms with van der Waals surface area (Å²) >= 11 is 0. The van der Waals surface area contributed by atoms with Crippen molar-refractivity contribution in [2.24, 2.45) is 5.73 Å². The normalized spacial score (nSPS) is 10.9. The van der Waals surface area contributed by atoms with Gasteiger partial charge >= 0.3 is 0 Å². The second-order valence-corrected chi connectivity index (χ2v) is 7.82. The lowest BCUT2D eigenvalue weighted by Crippen LogP contribution is -2.24. The van der Waals surface area contributed by atoms with Gasteiger partial charge in [-0.15, -0.1) is 0 Å². The average Bonchev–Trinajstić information content (AvgIpc) is 2.92. The third-order valence-corrected chi connectivity index (χ3v) is 5.67. The number of aromatic amines is 1. The first-order chi connectivity index (χ1) is 16.7. The van der Waals surface area contributed by atoms with Gasteiger partial charge in [-0.1, -0.05) is 42.5 Å². The number of hydrogen-bond acceptors (Lipinski definition) is 5. The molecule has 0 fully saturated rings. The maximum Gasteiger partial charge on any atom is 0.271 e. The summed E-state index contributed by atoms with van der Waals surface area (Å²) in [6.45, 7) is 0.766. The Balaban J connectivity index is 1.58. The molecule has 3 aromatic heterocycles. The van der Waals surface area contributed by atoms with Crippen molar-refractivity contribution in [3.63, 3.8) is 0 Å². The molecule has 0 aliphatic rings. The van der Waals surface area contributed by atoms with Crippen LogP contribution in [0, 0.1) is 0 Å². The van der Waals surface area contributed by atoms with Crippen LogP contribution >= 0.6 is 0 Å². The van der Waals surface area contributed by atoms with Crippen LogP contribution in [0.3, 0.4) is 0 Å². The molecule has 0 saturated heterocycles. The predicted molar refractivity (Wildman–Crippen MR) is 130 cm³/mol. The number of benzene rings is 2. The van der Waals surface area contributed by atoms with Crippen LogP contribution in [0.1, 0.15) is 21.7 Å². The minimum absolute atomic E-state index is 0.263. The van der Waals surface area contributed by atoms with Crippen molar-refractivity contribution < 1.29 is 9.78 Å². The molecule has 5 rings (SSSR count). The molecule has 3 heterocycles. The number of aromatic nitrogens is 4. The molecule has 7 heteroatoms. The average molecular weight is 448 g/mol. The molecular weight excluding hydrogens is 424 g/mol. The van der Waals surface area contributed by atoms with E-state index in [2.05, 4.69) is 55.6 Å². The van der Waals surface area contributed by atoms with Gasteiger partial charge in [-0.3, -0.25) is 14.8 Å². The third kappa shape index (κ3) is 4.37. The van der Waals surface area contributed by atoms with Gasteiger partial charge in [0.05, 0.1) is 29.4 Å². The number of nitrogens with zero attached hydrogens (tertiary/aromatic N) is 3. The summed E-state index contributed by atoms with van der Waals surface area (Å²) in [4.78, 5) is 28.6. The standard InChI is InChI=1S/C27H22N6O/c28-15-18-6-8-20(9-7-18)26-21(19-4-2-1-3-5-19)14-22-23(33-26)10-11-30-24(22)17-32-27(34)25-16-29-12-13-31-25/h1-14,16H,15,17,28H2,(H,32,34)/p+1. The van der Waals surface area contributed by atoms with Crippen LogP contribution in [0.5, 0.6) is 0 Å². The van der Waals surface area contributed by atoms with E-state index in [4.69, 9.17) is 5.73 Å². The molecule has 0 aliphatic heterocycles. The van der Waals surface area contributed by atoms with Gasteiger partial charge in [0.1, 0.15) is 5.69 Å². The molecule has 0 aliphatic carbocycles. The molecule has 1 amide bonds. The van der Waals surface area contributed by atoms with Crippen molar-refractivity contribution in [1.29, 1.82) is 0 Å². The second-order valence-electron chi connectivity index (χ2n) is 7.82. The van der Waals surface area contributed by atoms with Crippen LogP contribution in [0.2, 0.25) is 0 Å². The first kappa shape index (κ1) is 21.4. The molecular formula is C27H23N6O+.